The van der Waals surface area contributed by atoms with Crippen molar-refractivity contribution in [1.82, 2.24) is 19.6 Å². The van der Waals surface area contributed by atoms with Gasteiger partial charge in [-0.05, 0) is 71.3 Å². The fourth-order valence-corrected chi connectivity index (χ4v) is 12.0. The van der Waals surface area contributed by atoms with Crippen LogP contribution in [0.15, 0.2) is 152 Å². The molecule has 0 bridgehead atoms. The molecule has 78 heavy (non-hydrogen) atoms. The Bertz CT molecular complexity index is 3220. The first-order chi connectivity index (χ1) is 38.2. The third-order valence-electron chi connectivity index (χ3n) is 15.4. The molecule has 5 aliphatic heterocycles. The number of cyclic esters (lactones) is 1. The summed E-state index contributed by atoms with van der Waals surface area (Å²) in [7, 11) is 3.47. The number of nitrogens with zero attached hydrogens (tertiary/aromatic N) is 5. The van der Waals surface area contributed by atoms with Crippen molar-refractivity contribution in [1.29, 1.82) is 0 Å². The van der Waals surface area contributed by atoms with Gasteiger partial charge in [0.1, 0.15) is 36.5 Å². The molecule has 5 aliphatic rings. The Morgan fingerprint density at radius 3 is 2.21 bits per heavy atom. The maximum absolute atomic E-state index is 16.8. The van der Waals surface area contributed by atoms with Gasteiger partial charge in [-0.3, -0.25) is 29.1 Å². The third-order valence-corrected chi connectivity index (χ3v) is 15.4. The van der Waals surface area contributed by atoms with E-state index in [9.17, 15) is 9.90 Å². The van der Waals surface area contributed by atoms with Crippen molar-refractivity contribution in [2.24, 2.45) is 5.92 Å². The van der Waals surface area contributed by atoms with Crippen LogP contribution in [0.25, 0.3) is 0 Å². The lowest BCUT2D eigenvalue weighted by Crippen LogP contribution is -2.59. The lowest BCUT2D eigenvalue weighted by molar-refractivity contribution is -0.179. The van der Waals surface area contributed by atoms with E-state index in [1.807, 2.05) is 121 Å². The normalized spacial score (nSPS) is 22.4. The second kappa shape index (κ2) is 22.9. The maximum atomic E-state index is 16.8. The van der Waals surface area contributed by atoms with E-state index in [2.05, 4.69) is 33.8 Å². The highest BCUT2D eigenvalue weighted by atomic mass is 16.7. The van der Waals surface area contributed by atoms with Gasteiger partial charge in [0, 0.05) is 57.5 Å². The third kappa shape index (κ3) is 9.84. The van der Waals surface area contributed by atoms with E-state index in [-0.39, 0.29) is 52.0 Å². The van der Waals surface area contributed by atoms with Crippen LogP contribution in [-0.2, 0) is 47.1 Å². The van der Waals surface area contributed by atoms with Crippen LogP contribution in [0.1, 0.15) is 57.1 Å². The molecule has 3 fully saturated rings. The number of amides is 3. The number of hydrogen-bond acceptors (Lipinski definition) is 14. The second-order valence-electron chi connectivity index (χ2n) is 20.1. The topological polar surface area (TPSA) is 160 Å². The number of rotatable bonds is 15. The summed E-state index contributed by atoms with van der Waals surface area (Å²) < 4.78 is 35.4. The molecule has 5 heterocycles. The number of benzene rings is 6. The highest BCUT2D eigenvalue weighted by Crippen LogP contribution is 2.67. The summed E-state index contributed by atoms with van der Waals surface area (Å²) in [5, 5.41) is 10.2. The average Bonchev–Trinajstić information content (AvgIpc) is 4.07. The molecule has 1 spiro atoms. The minimum absolute atomic E-state index is 0.0558. The summed E-state index contributed by atoms with van der Waals surface area (Å²) >= 11 is 0. The number of morpholine rings is 1. The van der Waals surface area contributed by atoms with E-state index in [0.29, 0.717) is 72.2 Å². The van der Waals surface area contributed by atoms with Crippen molar-refractivity contribution in [2.75, 3.05) is 85.0 Å². The predicted molar refractivity (Wildman–Crippen MR) is 288 cm³/mol. The molecule has 6 atom stereocenters. The summed E-state index contributed by atoms with van der Waals surface area (Å²) in [5.41, 5.74) is 3.00. The molecule has 0 unspecified atom stereocenters. The molecule has 0 aliphatic carbocycles. The minimum Gasteiger partial charge on any atom is -0.491 e. The van der Waals surface area contributed by atoms with Gasteiger partial charge in [0.25, 0.3) is 0 Å². The van der Waals surface area contributed by atoms with Crippen LogP contribution >= 0.6 is 0 Å². The fraction of sp³-hybridized carbons (Fsp3) is 0.323. The van der Waals surface area contributed by atoms with Crippen molar-refractivity contribution in [3.63, 3.8) is 0 Å². The Morgan fingerprint density at radius 1 is 0.756 bits per heavy atom. The number of anilines is 1. The van der Waals surface area contributed by atoms with E-state index in [0.717, 1.165) is 21.6 Å². The summed E-state index contributed by atoms with van der Waals surface area (Å²) in [6, 6.07) is 44.0. The first-order valence-corrected chi connectivity index (χ1v) is 26.4. The molecule has 3 amide bonds. The van der Waals surface area contributed by atoms with Gasteiger partial charge in [-0.2, -0.15) is 0 Å². The molecule has 0 aromatic heterocycles. The predicted octanol–water partition coefficient (Wildman–Crippen LogP) is 7.06. The van der Waals surface area contributed by atoms with Gasteiger partial charge in [-0.25, -0.2) is 9.69 Å². The Balaban J connectivity index is 1.10. The van der Waals surface area contributed by atoms with E-state index >= 15 is 14.4 Å². The van der Waals surface area contributed by atoms with Crippen LogP contribution in [0.2, 0.25) is 0 Å². The molecule has 1 N–H and O–H groups in total. The van der Waals surface area contributed by atoms with Crippen LogP contribution in [0, 0.1) is 17.8 Å². The number of piperazine rings is 1. The van der Waals surface area contributed by atoms with Gasteiger partial charge in [-0.15, -0.1) is 0 Å². The van der Waals surface area contributed by atoms with Gasteiger partial charge in [0.2, 0.25) is 18.6 Å². The van der Waals surface area contributed by atoms with Gasteiger partial charge < -0.3 is 38.4 Å². The molecule has 16 heteroatoms. The molecular weight excluding hydrogens is 991 g/mol. The van der Waals surface area contributed by atoms with Crippen LogP contribution in [0.5, 0.6) is 17.2 Å². The number of fused-ring (bicyclic) bond motifs is 4. The highest BCUT2D eigenvalue weighted by Gasteiger charge is 2.76. The largest absolute Gasteiger partial charge is 0.491 e. The zero-order valence-electron chi connectivity index (χ0n) is 43.6. The number of esters is 1. The van der Waals surface area contributed by atoms with E-state index < -0.39 is 59.4 Å². The summed E-state index contributed by atoms with van der Waals surface area (Å²) in [6.07, 6.45) is -1.91. The number of methoxy groups -OCH3 is 1. The number of carbonyl (C=O) groups is 4. The van der Waals surface area contributed by atoms with Crippen LogP contribution in [0.3, 0.4) is 0 Å². The lowest BCUT2D eigenvalue weighted by Gasteiger charge is -2.46. The van der Waals surface area contributed by atoms with Gasteiger partial charge in [0.05, 0.1) is 43.4 Å². The monoisotopic (exact) mass is 1050 g/mol. The van der Waals surface area contributed by atoms with Crippen LogP contribution < -0.4 is 19.1 Å². The Kier molecular flexibility index (Phi) is 15.3. The molecule has 6 aromatic rings. The van der Waals surface area contributed by atoms with Crippen molar-refractivity contribution in [3.05, 3.63) is 191 Å². The lowest BCUT2D eigenvalue weighted by atomic mass is 9.64. The number of carbonyl (C=O) groups excluding carboxylic acids is 4. The highest BCUT2D eigenvalue weighted by molar-refractivity contribution is 6.23. The second-order valence-corrected chi connectivity index (χ2v) is 20.1. The molecule has 400 valence electrons. The van der Waals surface area contributed by atoms with Crippen molar-refractivity contribution in [2.45, 2.75) is 42.7 Å². The zero-order chi connectivity index (χ0) is 53.8. The van der Waals surface area contributed by atoms with Crippen LogP contribution in [-0.4, -0.2) is 135 Å². The summed E-state index contributed by atoms with van der Waals surface area (Å²) in [4.78, 5) is 73.0. The number of para-hydroxylation sites is 1. The number of imide groups is 1. The van der Waals surface area contributed by atoms with E-state index in [4.69, 9.17) is 28.4 Å². The number of aliphatic hydroxyl groups is 1. The Morgan fingerprint density at radius 2 is 1.46 bits per heavy atom. The molecule has 11 rings (SSSR count). The van der Waals surface area contributed by atoms with Gasteiger partial charge in [-0.1, -0.05) is 127 Å². The molecule has 16 nitrogen and oxygen atoms in total. The van der Waals surface area contributed by atoms with Gasteiger partial charge in [0.15, 0.2) is 11.5 Å². The molecule has 6 aromatic carbocycles. The van der Waals surface area contributed by atoms with Crippen molar-refractivity contribution in [3.8, 4) is 29.1 Å². The number of ether oxygens (including phenoxy) is 6. The standard InChI is InChI=1S/C62H61N5O11/c1-63(39-43-15-6-3-7-16-43)28-14-17-42-24-26-49-48(37-42)62(60(71)66(49)61(72)75-36-35-73-2)53(58(69)65-31-29-64(30-32-65)40-44-25-27-51-52(38-44)77-41-76-51)55-59(70)78-56(46-20-10-5-11-21-46)54(45-18-8-4-9-19-45)67(55)57(62)47-22-12-13-23-50(47)74-34-33-68/h3-13,15-16,18-27,37-38,53-57,68H,28-36,39-41H2,1-2H3/t53-,54-,55-,56+,57+,62-/m0/s1. The average molecular weight is 1050 g/mol. The van der Waals surface area contributed by atoms with Crippen LogP contribution in [0.4, 0.5) is 10.5 Å². The Labute approximate surface area is 453 Å². The Hall–Kier alpha value is -8.04. The van der Waals surface area contributed by atoms with Gasteiger partial charge >= 0.3 is 12.1 Å². The molecule has 0 radical (unpaired) electrons. The molecule has 0 saturated carbocycles. The number of aliphatic hydroxyl groups excluding tert-OH is 1. The maximum Gasteiger partial charge on any atom is 0.421 e. The smallest absolute Gasteiger partial charge is 0.421 e. The van der Waals surface area contributed by atoms with E-state index in [1.165, 1.54) is 7.11 Å². The first-order valence-electron chi connectivity index (χ1n) is 26.4. The SMILES string of the molecule is COCCOC(=O)N1C(=O)[C@@]2(c3cc(C#CCN(C)Cc4ccccc4)ccc31)[C@H](C(=O)N1CCN(Cc3ccc4c(c3)OCO4)CC1)[C@H]1C(=O)O[C@H](c3ccccc3)[C@H](c3ccccc3)N1[C@@H]2c1ccccc1OCCO. The van der Waals surface area contributed by atoms with Crippen molar-refractivity contribution >= 4 is 29.6 Å². The molecule has 3 saturated heterocycles. The molecular formula is C62H61N5O11. The number of hydrogen-bond donors (Lipinski definition) is 1. The summed E-state index contributed by atoms with van der Waals surface area (Å²) in [5.74, 6) is 4.92. The quantitative estimate of drug-likeness (QED) is 0.0633. The first kappa shape index (κ1) is 52.0. The van der Waals surface area contributed by atoms with E-state index in [1.54, 1.807) is 35.2 Å². The fourth-order valence-electron chi connectivity index (χ4n) is 12.0. The zero-order valence-corrected chi connectivity index (χ0v) is 43.6. The summed E-state index contributed by atoms with van der Waals surface area (Å²) in [6.45, 7) is 2.75. The minimum atomic E-state index is -2.07. The van der Waals surface area contributed by atoms with Crippen molar-refractivity contribution < 1.29 is 52.7 Å².